The molecule has 1 aromatic carbocycles. The van der Waals surface area contributed by atoms with Crippen LogP contribution in [0.15, 0.2) is 18.2 Å². The van der Waals surface area contributed by atoms with Crippen LogP contribution in [0.2, 0.25) is 0 Å². The van der Waals surface area contributed by atoms with E-state index in [0.717, 1.165) is 0 Å². The van der Waals surface area contributed by atoms with E-state index in [9.17, 15) is 5.11 Å². The van der Waals surface area contributed by atoms with Crippen LogP contribution < -0.4 is 5.32 Å². The molecule has 3 heteroatoms. The van der Waals surface area contributed by atoms with Gasteiger partial charge in [-0.25, -0.2) is 0 Å². The molecule has 0 bridgehead atoms. The van der Waals surface area contributed by atoms with Crippen LogP contribution in [0.5, 0.6) is 0 Å². The van der Waals surface area contributed by atoms with Crippen LogP contribution in [0.1, 0.15) is 37.5 Å². The fourth-order valence-corrected chi connectivity index (χ4v) is 1.80. The second-order valence-electron chi connectivity index (χ2n) is 5.86. The van der Waals surface area contributed by atoms with E-state index in [1.165, 1.54) is 16.7 Å². The Morgan fingerprint density at radius 2 is 1.94 bits per heavy atom. The number of aryl methyl sites for hydroxylation is 1. The lowest BCUT2D eigenvalue weighted by molar-refractivity contribution is 0.0942. The first-order valence-electron chi connectivity index (χ1n) is 6.44. The van der Waals surface area contributed by atoms with Crippen molar-refractivity contribution >= 4 is 0 Å². The smallest absolute Gasteiger partial charge is 0.0895 e. The molecule has 1 unspecified atom stereocenters. The quantitative estimate of drug-likeness (QED) is 0.747. The van der Waals surface area contributed by atoms with Gasteiger partial charge in [0.1, 0.15) is 0 Å². The van der Waals surface area contributed by atoms with Crippen LogP contribution in [0.4, 0.5) is 0 Å². The van der Waals surface area contributed by atoms with Gasteiger partial charge < -0.3 is 15.5 Å². The van der Waals surface area contributed by atoms with Gasteiger partial charge in [0.2, 0.25) is 0 Å². The molecule has 1 atom stereocenters. The van der Waals surface area contributed by atoms with Crippen molar-refractivity contribution in [3.05, 3.63) is 34.9 Å². The van der Waals surface area contributed by atoms with Crippen LogP contribution in [-0.2, 0) is 12.0 Å². The molecule has 3 N–H and O–H groups in total. The lowest BCUT2D eigenvalue weighted by Crippen LogP contribution is -2.29. The molecule has 1 rings (SSSR count). The molecular formula is C15H25NO2. The zero-order valence-corrected chi connectivity index (χ0v) is 11.8. The van der Waals surface area contributed by atoms with Crippen molar-refractivity contribution in [2.45, 2.75) is 45.8 Å². The second-order valence-corrected chi connectivity index (χ2v) is 5.86. The van der Waals surface area contributed by atoms with Gasteiger partial charge in [0.05, 0.1) is 12.7 Å². The van der Waals surface area contributed by atoms with E-state index in [0.29, 0.717) is 13.1 Å². The van der Waals surface area contributed by atoms with Gasteiger partial charge in [0, 0.05) is 13.1 Å². The standard InChI is InChI=1S/C15H25NO2/c1-11-7-13(15(2,3)4)6-5-12(11)8-16-9-14(18)10-17/h5-7,14,16-18H,8-10H2,1-4H3. The van der Waals surface area contributed by atoms with Crippen LogP contribution in [0.3, 0.4) is 0 Å². The van der Waals surface area contributed by atoms with Gasteiger partial charge in [-0.2, -0.15) is 0 Å². The molecule has 0 saturated carbocycles. The Hall–Kier alpha value is -0.900. The van der Waals surface area contributed by atoms with Crippen molar-refractivity contribution in [1.29, 1.82) is 0 Å². The normalized spacial score (nSPS) is 13.7. The third-order valence-corrected chi connectivity index (χ3v) is 3.11. The fraction of sp³-hybridized carbons (Fsp3) is 0.600. The number of hydrogen-bond acceptors (Lipinski definition) is 3. The number of benzene rings is 1. The second kappa shape index (κ2) is 6.32. The Balaban J connectivity index is 2.63. The molecule has 3 nitrogen and oxygen atoms in total. The van der Waals surface area contributed by atoms with Crippen molar-refractivity contribution < 1.29 is 10.2 Å². The molecular weight excluding hydrogens is 226 g/mol. The predicted octanol–water partition coefficient (Wildman–Crippen LogP) is 1.74. The first-order valence-corrected chi connectivity index (χ1v) is 6.44. The van der Waals surface area contributed by atoms with E-state index in [2.05, 4.69) is 51.2 Å². The molecule has 0 radical (unpaired) electrons. The SMILES string of the molecule is Cc1cc(C(C)(C)C)ccc1CNCC(O)CO. The van der Waals surface area contributed by atoms with Crippen LogP contribution in [0.25, 0.3) is 0 Å². The van der Waals surface area contributed by atoms with Gasteiger partial charge in [-0.1, -0.05) is 39.0 Å². The number of hydrogen-bond donors (Lipinski definition) is 3. The summed E-state index contributed by atoms with van der Waals surface area (Å²) in [5.41, 5.74) is 3.99. The monoisotopic (exact) mass is 251 g/mol. The summed E-state index contributed by atoms with van der Waals surface area (Å²) in [4.78, 5) is 0. The fourth-order valence-electron chi connectivity index (χ4n) is 1.80. The third-order valence-electron chi connectivity index (χ3n) is 3.11. The van der Waals surface area contributed by atoms with Crippen molar-refractivity contribution in [1.82, 2.24) is 5.32 Å². The van der Waals surface area contributed by atoms with Crippen molar-refractivity contribution in [3.8, 4) is 0 Å². The van der Waals surface area contributed by atoms with Gasteiger partial charge >= 0.3 is 0 Å². The molecule has 0 aromatic heterocycles. The maximum atomic E-state index is 9.24. The minimum atomic E-state index is -0.681. The summed E-state index contributed by atoms with van der Waals surface area (Å²) >= 11 is 0. The highest BCUT2D eigenvalue weighted by molar-refractivity contribution is 5.34. The maximum absolute atomic E-state index is 9.24. The topological polar surface area (TPSA) is 52.5 Å². The van der Waals surface area contributed by atoms with Gasteiger partial charge in [0.15, 0.2) is 0 Å². The van der Waals surface area contributed by atoms with E-state index in [1.54, 1.807) is 0 Å². The minimum Gasteiger partial charge on any atom is -0.394 e. The molecule has 0 aliphatic heterocycles. The number of rotatable bonds is 5. The molecule has 1 aromatic rings. The predicted molar refractivity (Wildman–Crippen MR) is 74.7 cm³/mol. The van der Waals surface area contributed by atoms with Crippen LogP contribution in [-0.4, -0.2) is 29.5 Å². The number of aliphatic hydroxyl groups is 2. The molecule has 18 heavy (non-hydrogen) atoms. The lowest BCUT2D eigenvalue weighted by atomic mass is 9.85. The summed E-state index contributed by atoms with van der Waals surface area (Å²) in [5, 5.41) is 21.1. The van der Waals surface area contributed by atoms with E-state index >= 15 is 0 Å². The van der Waals surface area contributed by atoms with Crippen LogP contribution >= 0.6 is 0 Å². The molecule has 0 aliphatic rings. The summed E-state index contributed by atoms with van der Waals surface area (Å²) in [5.74, 6) is 0. The van der Waals surface area contributed by atoms with Gasteiger partial charge in [-0.15, -0.1) is 0 Å². The zero-order valence-electron chi connectivity index (χ0n) is 11.8. The van der Waals surface area contributed by atoms with E-state index in [1.807, 2.05) is 0 Å². The minimum absolute atomic E-state index is 0.170. The highest BCUT2D eigenvalue weighted by atomic mass is 16.3. The highest BCUT2D eigenvalue weighted by Crippen LogP contribution is 2.24. The number of aliphatic hydroxyl groups excluding tert-OH is 2. The van der Waals surface area contributed by atoms with E-state index in [4.69, 9.17) is 5.11 Å². The Morgan fingerprint density at radius 1 is 1.28 bits per heavy atom. The molecule has 0 amide bonds. The molecule has 0 saturated heterocycles. The maximum Gasteiger partial charge on any atom is 0.0895 e. The lowest BCUT2D eigenvalue weighted by Gasteiger charge is -2.21. The average Bonchev–Trinajstić information content (AvgIpc) is 2.29. The zero-order chi connectivity index (χ0) is 13.8. The van der Waals surface area contributed by atoms with Gasteiger partial charge in [-0.3, -0.25) is 0 Å². The molecule has 0 spiro atoms. The van der Waals surface area contributed by atoms with Crippen molar-refractivity contribution in [2.24, 2.45) is 0 Å². The molecule has 0 heterocycles. The van der Waals surface area contributed by atoms with Crippen molar-refractivity contribution in [2.75, 3.05) is 13.2 Å². The summed E-state index contributed by atoms with van der Waals surface area (Å²) in [6.45, 7) is 9.65. The Morgan fingerprint density at radius 3 is 2.44 bits per heavy atom. The first kappa shape index (κ1) is 15.2. The molecule has 102 valence electrons. The van der Waals surface area contributed by atoms with E-state index in [-0.39, 0.29) is 12.0 Å². The molecule has 0 aliphatic carbocycles. The molecule has 0 fully saturated rings. The van der Waals surface area contributed by atoms with Gasteiger partial charge in [-0.05, 0) is 29.0 Å². The Labute approximate surface area is 110 Å². The Kier molecular flexibility index (Phi) is 5.32. The summed E-state index contributed by atoms with van der Waals surface area (Å²) < 4.78 is 0. The highest BCUT2D eigenvalue weighted by Gasteiger charge is 2.14. The Bertz CT molecular complexity index is 383. The van der Waals surface area contributed by atoms with Gasteiger partial charge in [0.25, 0.3) is 0 Å². The van der Waals surface area contributed by atoms with Crippen LogP contribution in [0, 0.1) is 6.92 Å². The summed E-state index contributed by atoms with van der Waals surface area (Å²) in [6, 6.07) is 6.51. The first-order chi connectivity index (χ1) is 8.34. The van der Waals surface area contributed by atoms with Crippen molar-refractivity contribution in [3.63, 3.8) is 0 Å². The third kappa shape index (κ3) is 4.41. The summed E-state index contributed by atoms with van der Waals surface area (Å²) in [6.07, 6.45) is -0.681. The summed E-state index contributed by atoms with van der Waals surface area (Å²) in [7, 11) is 0. The number of nitrogens with one attached hydrogen (secondary N) is 1. The average molecular weight is 251 g/mol. The largest absolute Gasteiger partial charge is 0.394 e. The van der Waals surface area contributed by atoms with E-state index < -0.39 is 6.10 Å².